The maximum Gasteiger partial charge on any atom is 0.393 e. The Labute approximate surface area is 230 Å². The Morgan fingerprint density at radius 1 is 0.900 bits per heavy atom. The largest absolute Gasteiger partial charge is 0.393 e. The highest BCUT2D eigenvalue weighted by Crippen LogP contribution is 2.45. The zero-order valence-corrected chi connectivity index (χ0v) is 22.8. The van der Waals surface area contributed by atoms with Crippen molar-refractivity contribution in [3.63, 3.8) is 0 Å². The van der Waals surface area contributed by atoms with Crippen molar-refractivity contribution in [2.45, 2.75) is 49.5 Å². The lowest BCUT2D eigenvalue weighted by Gasteiger charge is -2.37. The number of fused-ring (bicyclic) bond motifs is 3. The van der Waals surface area contributed by atoms with Crippen LogP contribution in [0.1, 0.15) is 30.1 Å². The third-order valence-corrected chi connectivity index (χ3v) is 9.40. The average molecular weight is 585 g/mol. The van der Waals surface area contributed by atoms with E-state index < -0.39 is 77.1 Å². The normalized spacial score (nSPS) is 29.8. The molecule has 9 nitrogen and oxygen atoms in total. The van der Waals surface area contributed by atoms with Gasteiger partial charge < -0.3 is 23.8 Å². The minimum Gasteiger partial charge on any atom is -0.349 e. The third-order valence-electron chi connectivity index (χ3n) is 7.39. The molecule has 1 amide bonds. The van der Waals surface area contributed by atoms with Gasteiger partial charge in [0.05, 0.1) is 37.0 Å². The molecule has 5 rings (SSSR count). The number of hydrogen-bond donors (Lipinski definition) is 0. The average Bonchev–Trinajstić information content (AvgIpc) is 3.27. The minimum atomic E-state index is -4.91. The third kappa shape index (κ3) is 5.90. The van der Waals surface area contributed by atoms with Crippen molar-refractivity contribution in [3.8, 4) is 0 Å². The van der Waals surface area contributed by atoms with E-state index in [-0.39, 0.29) is 13.2 Å². The van der Waals surface area contributed by atoms with Crippen LogP contribution in [0.2, 0.25) is 0 Å². The molecular formula is C27H31F3N2O7S. The summed E-state index contributed by atoms with van der Waals surface area (Å²) in [6.07, 6.45) is -9.19. The lowest BCUT2D eigenvalue weighted by Crippen LogP contribution is -2.52. The number of benzene rings is 2. The Bertz CT molecular complexity index is 1220. The van der Waals surface area contributed by atoms with Gasteiger partial charge in [-0.25, -0.2) is 8.42 Å². The number of hydrogen-bond acceptors (Lipinski definition) is 7. The van der Waals surface area contributed by atoms with Crippen molar-refractivity contribution < 1.29 is 45.3 Å². The molecule has 3 aliphatic rings. The Morgan fingerprint density at radius 3 is 1.75 bits per heavy atom. The van der Waals surface area contributed by atoms with Crippen molar-refractivity contribution >= 4 is 15.9 Å². The van der Waals surface area contributed by atoms with E-state index in [2.05, 4.69) is 0 Å². The summed E-state index contributed by atoms with van der Waals surface area (Å²) in [6, 6.07) is 16.2. The van der Waals surface area contributed by atoms with Crippen LogP contribution >= 0.6 is 0 Å². The summed E-state index contributed by atoms with van der Waals surface area (Å²) in [4.78, 5) is 13.1. The number of carbonyl (C=O) groups is 1. The first kappa shape index (κ1) is 29.0. The van der Waals surface area contributed by atoms with Crippen LogP contribution in [0, 0.1) is 5.92 Å². The van der Waals surface area contributed by atoms with Crippen molar-refractivity contribution in [2.75, 3.05) is 33.1 Å². The summed E-state index contributed by atoms with van der Waals surface area (Å²) in [6.45, 7) is -0.244. The van der Waals surface area contributed by atoms with Crippen molar-refractivity contribution in [3.05, 3.63) is 71.8 Å². The minimum absolute atomic E-state index is 0.122. The molecule has 0 bridgehead atoms. The summed E-state index contributed by atoms with van der Waals surface area (Å²) in [7, 11) is -1.96. The fourth-order valence-corrected chi connectivity index (χ4v) is 7.54. The smallest absolute Gasteiger partial charge is 0.349 e. The maximum atomic E-state index is 14.0. The van der Waals surface area contributed by atoms with Gasteiger partial charge in [-0.1, -0.05) is 60.7 Å². The van der Waals surface area contributed by atoms with E-state index >= 15 is 0 Å². The SMILES string of the molecule is CN(C)C(=O)C[C@H](CS(=O)(=O)N1[C@H]2CO[C@@H](c3ccccc3)O[C@H]2[C@@H]2O[C@H](c3ccccc3)OC[C@@H]21)C(F)(F)F. The van der Waals surface area contributed by atoms with Crippen LogP contribution in [0.15, 0.2) is 60.7 Å². The van der Waals surface area contributed by atoms with E-state index in [1.165, 1.54) is 14.1 Å². The van der Waals surface area contributed by atoms with E-state index in [0.29, 0.717) is 11.1 Å². The summed E-state index contributed by atoms with van der Waals surface area (Å²) in [5.74, 6) is -4.51. The Balaban J connectivity index is 1.45. The van der Waals surface area contributed by atoms with Gasteiger partial charge in [-0.05, 0) is 0 Å². The van der Waals surface area contributed by atoms with Crippen LogP contribution in [0.4, 0.5) is 13.2 Å². The van der Waals surface area contributed by atoms with E-state index in [0.717, 1.165) is 9.21 Å². The standard InChI is InChI=1S/C27H31F3N2O7S/c1-31(2)22(33)13-19(27(28,29)30)16-40(34,35)32-20-14-36-25(17-9-5-3-6-10-17)38-23(20)24-21(32)15-37-26(39-24)18-11-7-4-8-12-18/h3-12,19-21,23-26H,13-16H2,1-2H3/t19-,20+,21+,23-,24-,25-,26-/m1/s1. The van der Waals surface area contributed by atoms with Gasteiger partial charge in [-0.3, -0.25) is 4.79 Å². The summed E-state index contributed by atoms with van der Waals surface area (Å²) < 4.78 is 94.6. The first-order valence-corrected chi connectivity index (χ1v) is 14.5. The van der Waals surface area contributed by atoms with Crippen LogP contribution in [0.5, 0.6) is 0 Å². The molecule has 218 valence electrons. The Kier molecular flexibility index (Phi) is 8.24. The summed E-state index contributed by atoms with van der Waals surface area (Å²) in [5.41, 5.74) is 1.43. The highest BCUT2D eigenvalue weighted by molar-refractivity contribution is 7.89. The summed E-state index contributed by atoms with van der Waals surface area (Å²) in [5, 5.41) is 0. The molecule has 0 N–H and O–H groups in total. The van der Waals surface area contributed by atoms with Gasteiger partial charge in [0.15, 0.2) is 12.6 Å². The van der Waals surface area contributed by atoms with Crippen molar-refractivity contribution in [1.82, 2.24) is 9.21 Å². The Hall–Kier alpha value is -2.55. The molecule has 0 unspecified atom stereocenters. The number of alkyl halides is 3. The number of nitrogens with zero attached hydrogens (tertiary/aromatic N) is 2. The zero-order valence-electron chi connectivity index (χ0n) is 21.9. The molecule has 0 saturated carbocycles. The van der Waals surface area contributed by atoms with Crippen molar-refractivity contribution in [2.24, 2.45) is 5.92 Å². The van der Waals surface area contributed by atoms with E-state index in [9.17, 15) is 26.4 Å². The molecule has 3 aliphatic heterocycles. The van der Waals surface area contributed by atoms with Crippen LogP contribution in [0.25, 0.3) is 0 Å². The Morgan fingerprint density at radius 2 is 1.35 bits per heavy atom. The maximum absolute atomic E-state index is 14.0. The molecule has 0 aromatic heterocycles. The summed E-state index contributed by atoms with van der Waals surface area (Å²) >= 11 is 0. The van der Waals surface area contributed by atoms with Gasteiger partial charge in [0, 0.05) is 31.6 Å². The van der Waals surface area contributed by atoms with Gasteiger partial charge in [-0.2, -0.15) is 17.5 Å². The molecule has 3 fully saturated rings. The fraction of sp³-hybridized carbons (Fsp3) is 0.519. The van der Waals surface area contributed by atoms with Gasteiger partial charge in [0.2, 0.25) is 15.9 Å². The molecule has 2 aromatic rings. The molecule has 0 radical (unpaired) electrons. The second-order valence-corrected chi connectivity index (χ2v) is 12.2. The molecule has 2 aromatic carbocycles. The first-order chi connectivity index (χ1) is 19.0. The number of rotatable bonds is 7. The molecule has 0 aliphatic carbocycles. The number of halogens is 3. The fourth-order valence-electron chi connectivity index (χ4n) is 5.37. The van der Waals surface area contributed by atoms with E-state index in [1.54, 1.807) is 24.3 Å². The lowest BCUT2D eigenvalue weighted by molar-refractivity contribution is -0.278. The molecule has 3 saturated heterocycles. The van der Waals surface area contributed by atoms with Crippen LogP contribution in [-0.4, -0.2) is 87.1 Å². The molecule has 7 atom stereocenters. The van der Waals surface area contributed by atoms with Crippen LogP contribution < -0.4 is 0 Å². The zero-order chi connectivity index (χ0) is 28.7. The highest BCUT2D eigenvalue weighted by atomic mass is 32.2. The molecule has 3 heterocycles. The molecular weight excluding hydrogens is 553 g/mol. The monoisotopic (exact) mass is 584 g/mol. The molecule has 0 spiro atoms. The first-order valence-electron chi connectivity index (χ1n) is 12.9. The number of ether oxygens (including phenoxy) is 4. The topological polar surface area (TPSA) is 94.6 Å². The van der Waals surface area contributed by atoms with E-state index in [4.69, 9.17) is 18.9 Å². The highest BCUT2D eigenvalue weighted by Gasteiger charge is 2.60. The van der Waals surface area contributed by atoms with Crippen molar-refractivity contribution in [1.29, 1.82) is 0 Å². The van der Waals surface area contributed by atoms with Gasteiger partial charge in [-0.15, -0.1) is 0 Å². The second kappa shape index (κ2) is 11.4. The number of sulfonamides is 1. The quantitative estimate of drug-likeness (QED) is 0.493. The predicted octanol–water partition coefficient (Wildman–Crippen LogP) is 3.25. The van der Waals surface area contributed by atoms with E-state index in [1.807, 2.05) is 36.4 Å². The predicted molar refractivity (Wildman–Crippen MR) is 136 cm³/mol. The molecule has 13 heteroatoms. The number of amides is 1. The second-order valence-electron chi connectivity index (χ2n) is 10.3. The van der Waals surface area contributed by atoms with Gasteiger partial charge >= 0.3 is 6.18 Å². The van der Waals surface area contributed by atoms with Gasteiger partial charge in [0.1, 0.15) is 12.2 Å². The van der Waals surface area contributed by atoms with Gasteiger partial charge in [0.25, 0.3) is 0 Å². The van der Waals surface area contributed by atoms with Crippen LogP contribution in [-0.2, 0) is 33.8 Å². The van der Waals surface area contributed by atoms with Crippen LogP contribution in [0.3, 0.4) is 0 Å². The molecule has 40 heavy (non-hydrogen) atoms. The number of carbonyl (C=O) groups excluding carboxylic acids is 1. The lowest BCUT2D eigenvalue weighted by atomic mass is 10.0.